The van der Waals surface area contributed by atoms with E-state index >= 15 is 0 Å². The van der Waals surface area contributed by atoms with Crippen LogP contribution in [0.25, 0.3) is 21.5 Å². The van der Waals surface area contributed by atoms with Gasteiger partial charge in [-0.2, -0.15) is 0 Å². The highest BCUT2D eigenvalue weighted by molar-refractivity contribution is 7.14. The van der Waals surface area contributed by atoms with Gasteiger partial charge in [0.25, 0.3) is 5.89 Å². The van der Waals surface area contributed by atoms with Crippen molar-refractivity contribution in [3.8, 4) is 16.2 Å². The number of fused-ring (bicyclic) bond motifs is 1. The molecule has 0 atom stereocenters. The minimum Gasteiger partial charge on any atom is -0.497 e. The normalized spacial score (nSPS) is 11.0. The molecule has 4 rings (SSSR count). The van der Waals surface area contributed by atoms with Crippen molar-refractivity contribution >= 4 is 45.8 Å². The number of ether oxygens (including phenoxy) is 1. The Kier molecular flexibility index (Phi) is 5.08. The first kappa shape index (κ1) is 19.2. The number of nitrogens with zero attached hydrogens (tertiary/aromatic N) is 1. The van der Waals surface area contributed by atoms with Gasteiger partial charge in [-0.05, 0) is 41.3 Å². The zero-order valence-electron chi connectivity index (χ0n) is 15.1. The number of oxazole rings is 1. The fourth-order valence-electron chi connectivity index (χ4n) is 3.00. The lowest BCUT2D eigenvalue weighted by Crippen LogP contribution is -2.08. The number of methoxy groups -OCH3 is 1. The van der Waals surface area contributed by atoms with Crippen molar-refractivity contribution in [2.45, 2.75) is 6.42 Å². The van der Waals surface area contributed by atoms with Gasteiger partial charge in [-0.25, -0.2) is 9.78 Å². The summed E-state index contributed by atoms with van der Waals surface area (Å²) in [6.45, 7) is 0. The number of benzene rings is 2. The lowest BCUT2D eigenvalue weighted by atomic mass is 10.0. The number of para-hydroxylation sites is 2. The third kappa shape index (κ3) is 3.62. The molecule has 2 heterocycles. The molecule has 0 saturated carbocycles. The molecular formula is C21H14ClNO5S. The van der Waals surface area contributed by atoms with Gasteiger partial charge in [-0.1, -0.05) is 23.7 Å². The van der Waals surface area contributed by atoms with Crippen LogP contribution in [0.5, 0.6) is 5.75 Å². The molecular weight excluding hydrogens is 414 g/mol. The van der Waals surface area contributed by atoms with E-state index in [1.54, 1.807) is 47.8 Å². The summed E-state index contributed by atoms with van der Waals surface area (Å²) in [7, 11) is 1.52. The molecule has 1 N–H and O–H groups in total. The van der Waals surface area contributed by atoms with Crippen molar-refractivity contribution in [2.24, 2.45) is 0 Å². The van der Waals surface area contributed by atoms with Crippen molar-refractivity contribution in [1.82, 2.24) is 4.98 Å². The summed E-state index contributed by atoms with van der Waals surface area (Å²) in [5.41, 5.74) is 2.08. The van der Waals surface area contributed by atoms with Crippen molar-refractivity contribution in [3.63, 3.8) is 0 Å². The van der Waals surface area contributed by atoms with Gasteiger partial charge in [0.2, 0.25) is 5.78 Å². The topological polar surface area (TPSA) is 89.6 Å². The molecule has 2 aromatic heterocycles. The maximum Gasteiger partial charge on any atom is 0.337 e. The second-order valence-corrected chi connectivity index (χ2v) is 7.49. The standard InChI is InChI=1S/C21H14ClNO5S/c1-27-12-6-7-13(14(22)9-12)19-18(21(25)26)11(10-29-19)8-16(24)20-23-15-4-2-3-5-17(15)28-20/h2-7,9-10H,8H2,1H3,(H,25,26). The van der Waals surface area contributed by atoms with Crippen LogP contribution in [0.3, 0.4) is 0 Å². The summed E-state index contributed by atoms with van der Waals surface area (Å²) in [5.74, 6) is -1.00. The first-order valence-electron chi connectivity index (χ1n) is 8.54. The maximum absolute atomic E-state index is 12.7. The summed E-state index contributed by atoms with van der Waals surface area (Å²) in [4.78, 5) is 29.3. The smallest absolute Gasteiger partial charge is 0.337 e. The Labute approximate surface area is 174 Å². The number of hydrogen-bond acceptors (Lipinski definition) is 6. The molecule has 6 nitrogen and oxygen atoms in total. The number of ketones is 1. The van der Waals surface area contributed by atoms with Crippen molar-refractivity contribution in [3.05, 3.63) is 69.9 Å². The van der Waals surface area contributed by atoms with Gasteiger partial charge in [0, 0.05) is 12.0 Å². The number of rotatable bonds is 6. The molecule has 0 aliphatic carbocycles. The quantitative estimate of drug-likeness (QED) is 0.417. The third-order valence-electron chi connectivity index (χ3n) is 4.39. The third-order valence-corrected chi connectivity index (χ3v) is 5.76. The molecule has 0 aliphatic rings. The van der Waals surface area contributed by atoms with Crippen LogP contribution in [-0.4, -0.2) is 29.0 Å². The number of carboxylic acid groups (broad SMARTS) is 1. The number of aromatic nitrogens is 1. The zero-order chi connectivity index (χ0) is 20.5. The van der Waals surface area contributed by atoms with E-state index in [1.807, 2.05) is 0 Å². The van der Waals surface area contributed by atoms with E-state index in [0.29, 0.717) is 37.9 Å². The van der Waals surface area contributed by atoms with Gasteiger partial charge in [0.1, 0.15) is 11.3 Å². The second kappa shape index (κ2) is 7.69. The number of hydrogen-bond donors (Lipinski definition) is 1. The Bertz CT molecular complexity index is 1210. The van der Waals surface area contributed by atoms with Gasteiger partial charge in [0.15, 0.2) is 5.58 Å². The number of carboxylic acids is 1. The van der Waals surface area contributed by atoms with E-state index in [1.165, 1.54) is 18.4 Å². The number of carbonyl (C=O) groups excluding carboxylic acids is 1. The van der Waals surface area contributed by atoms with Crippen LogP contribution in [0.15, 0.2) is 52.3 Å². The van der Waals surface area contributed by atoms with Crippen LogP contribution in [0, 0.1) is 0 Å². The highest BCUT2D eigenvalue weighted by Crippen LogP contribution is 2.39. The van der Waals surface area contributed by atoms with E-state index in [0.717, 1.165) is 0 Å². The largest absolute Gasteiger partial charge is 0.497 e. The predicted octanol–water partition coefficient (Wildman–Crippen LogP) is 5.34. The first-order valence-corrected chi connectivity index (χ1v) is 9.80. The minimum atomic E-state index is -1.13. The van der Waals surface area contributed by atoms with E-state index in [4.69, 9.17) is 20.8 Å². The molecule has 0 bridgehead atoms. The Morgan fingerprint density at radius 2 is 2.03 bits per heavy atom. The van der Waals surface area contributed by atoms with Gasteiger partial charge in [-0.3, -0.25) is 4.79 Å². The molecule has 2 aromatic carbocycles. The van der Waals surface area contributed by atoms with Crippen LogP contribution in [0.4, 0.5) is 0 Å². The summed E-state index contributed by atoms with van der Waals surface area (Å²) in [6, 6.07) is 12.1. The average molecular weight is 428 g/mol. The second-order valence-electron chi connectivity index (χ2n) is 6.20. The van der Waals surface area contributed by atoms with E-state index < -0.39 is 11.8 Å². The number of Topliss-reactive ketones (excluding diaryl/α,β-unsaturated/α-hetero) is 1. The Morgan fingerprint density at radius 3 is 2.72 bits per heavy atom. The Hall–Kier alpha value is -3.16. The maximum atomic E-state index is 12.7. The van der Waals surface area contributed by atoms with Gasteiger partial charge < -0.3 is 14.3 Å². The molecule has 8 heteroatoms. The van der Waals surface area contributed by atoms with Crippen LogP contribution in [-0.2, 0) is 6.42 Å². The molecule has 0 spiro atoms. The average Bonchev–Trinajstić information content (AvgIpc) is 3.32. The SMILES string of the molecule is COc1ccc(-c2scc(CC(=O)c3nc4ccccc4o3)c2C(=O)O)c(Cl)c1. The molecule has 0 saturated heterocycles. The van der Waals surface area contributed by atoms with E-state index in [-0.39, 0.29) is 17.9 Å². The van der Waals surface area contributed by atoms with E-state index in [2.05, 4.69) is 4.98 Å². The number of carbonyl (C=O) groups is 2. The number of thiophene rings is 1. The van der Waals surface area contributed by atoms with Crippen LogP contribution in [0.2, 0.25) is 5.02 Å². The summed E-state index contributed by atoms with van der Waals surface area (Å²) in [6.07, 6.45) is -0.140. The molecule has 0 radical (unpaired) electrons. The molecule has 0 amide bonds. The lowest BCUT2D eigenvalue weighted by molar-refractivity contribution is 0.0697. The number of aromatic carboxylic acids is 1. The summed E-state index contributed by atoms with van der Waals surface area (Å²) in [5, 5.41) is 11.8. The molecule has 29 heavy (non-hydrogen) atoms. The molecule has 0 fully saturated rings. The minimum absolute atomic E-state index is 0.0437. The van der Waals surface area contributed by atoms with Gasteiger partial charge in [0.05, 0.1) is 22.6 Å². The fourth-order valence-corrected chi connectivity index (χ4v) is 4.43. The van der Waals surface area contributed by atoms with Crippen LogP contribution in [0.1, 0.15) is 26.6 Å². The van der Waals surface area contributed by atoms with Crippen LogP contribution < -0.4 is 4.74 Å². The highest BCUT2D eigenvalue weighted by Gasteiger charge is 2.24. The van der Waals surface area contributed by atoms with Crippen molar-refractivity contribution in [1.29, 1.82) is 0 Å². The molecule has 146 valence electrons. The summed E-state index contributed by atoms with van der Waals surface area (Å²) < 4.78 is 10.6. The summed E-state index contributed by atoms with van der Waals surface area (Å²) >= 11 is 7.54. The monoisotopic (exact) mass is 427 g/mol. The first-order chi connectivity index (χ1) is 14.0. The lowest BCUT2D eigenvalue weighted by Gasteiger charge is -2.07. The molecule has 0 unspecified atom stereocenters. The van der Waals surface area contributed by atoms with Gasteiger partial charge >= 0.3 is 5.97 Å². The Balaban J connectivity index is 1.70. The Morgan fingerprint density at radius 1 is 1.24 bits per heavy atom. The predicted molar refractivity (Wildman–Crippen MR) is 110 cm³/mol. The fraction of sp³-hybridized carbons (Fsp3) is 0.0952. The van der Waals surface area contributed by atoms with Crippen molar-refractivity contribution < 1.29 is 23.8 Å². The highest BCUT2D eigenvalue weighted by atomic mass is 35.5. The molecule has 4 aromatic rings. The molecule has 0 aliphatic heterocycles. The van der Waals surface area contributed by atoms with Gasteiger partial charge in [-0.15, -0.1) is 11.3 Å². The van der Waals surface area contributed by atoms with E-state index in [9.17, 15) is 14.7 Å². The van der Waals surface area contributed by atoms with Crippen LogP contribution >= 0.6 is 22.9 Å². The zero-order valence-corrected chi connectivity index (χ0v) is 16.7. The van der Waals surface area contributed by atoms with Crippen molar-refractivity contribution in [2.75, 3.05) is 7.11 Å². The number of halogens is 1.